The molecule has 0 radical (unpaired) electrons. The summed E-state index contributed by atoms with van der Waals surface area (Å²) in [6, 6.07) is 3.63. The summed E-state index contributed by atoms with van der Waals surface area (Å²) in [7, 11) is 0. The molecule has 0 saturated carbocycles. The lowest BCUT2D eigenvalue weighted by atomic mass is 10.0. The van der Waals surface area contributed by atoms with Crippen molar-refractivity contribution in [3.63, 3.8) is 0 Å². The van der Waals surface area contributed by atoms with Crippen LogP contribution in [0.15, 0.2) is 18.2 Å². The predicted molar refractivity (Wildman–Crippen MR) is 78.5 cm³/mol. The Bertz CT molecular complexity index is 523. The third kappa shape index (κ3) is 6.10. The van der Waals surface area contributed by atoms with E-state index in [4.69, 9.17) is 11.6 Å². The zero-order valence-corrected chi connectivity index (χ0v) is 12.6. The fourth-order valence-corrected chi connectivity index (χ4v) is 1.96. The Balaban J connectivity index is 2.47. The molecule has 0 aliphatic heterocycles. The van der Waals surface area contributed by atoms with Crippen molar-refractivity contribution < 1.29 is 19.1 Å². The van der Waals surface area contributed by atoms with Crippen molar-refractivity contribution in [2.24, 2.45) is 5.92 Å². The number of benzene rings is 1. The molecular formula is C14H18ClFN2O3. The molecule has 2 unspecified atom stereocenters. The SMILES string of the molecule is CC(O)CC(C)CNC(=O)C(=O)Nc1ccc(F)c(Cl)c1. The number of rotatable bonds is 5. The van der Waals surface area contributed by atoms with E-state index in [1.54, 1.807) is 6.92 Å². The van der Waals surface area contributed by atoms with E-state index in [1.165, 1.54) is 12.1 Å². The van der Waals surface area contributed by atoms with Gasteiger partial charge >= 0.3 is 11.8 Å². The first-order valence-corrected chi connectivity index (χ1v) is 6.89. The van der Waals surface area contributed by atoms with Gasteiger partial charge < -0.3 is 15.7 Å². The van der Waals surface area contributed by atoms with Crippen LogP contribution in [0.3, 0.4) is 0 Å². The van der Waals surface area contributed by atoms with Gasteiger partial charge in [-0.05, 0) is 37.5 Å². The first-order chi connectivity index (χ1) is 9.79. The van der Waals surface area contributed by atoms with Crippen LogP contribution in [0.1, 0.15) is 20.3 Å². The quantitative estimate of drug-likeness (QED) is 0.726. The number of carbonyl (C=O) groups excluding carboxylic acids is 2. The summed E-state index contributed by atoms with van der Waals surface area (Å²) in [6.07, 6.45) is 0.0576. The Kier molecular flexibility index (Phi) is 6.58. The van der Waals surface area contributed by atoms with Crippen molar-refractivity contribution >= 4 is 29.1 Å². The molecule has 0 spiro atoms. The molecule has 0 aromatic heterocycles. The van der Waals surface area contributed by atoms with Crippen LogP contribution < -0.4 is 10.6 Å². The fraction of sp³-hybridized carbons (Fsp3) is 0.429. The smallest absolute Gasteiger partial charge is 0.313 e. The molecule has 2 atom stereocenters. The van der Waals surface area contributed by atoms with Crippen molar-refractivity contribution in [1.29, 1.82) is 0 Å². The highest BCUT2D eigenvalue weighted by molar-refractivity contribution is 6.39. The molecular weight excluding hydrogens is 299 g/mol. The largest absolute Gasteiger partial charge is 0.393 e. The molecule has 116 valence electrons. The number of amides is 2. The number of hydrogen-bond donors (Lipinski definition) is 3. The summed E-state index contributed by atoms with van der Waals surface area (Å²) in [4.78, 5) is 23.2. The highest BCUT2D eigenvalue weighted by atomic mass is 35.5. The normalized spacial score (nSPS) is 13.4. The van der Waals surface area contributed by atoms with Gasteiger partial charge in [-0.25, -0.2) is 4.39 Å². The Morgan fingerprint density at radius 2 is 2.00 bits per heavy atom. The van der Waals surface area contributed by atoms with Gasteiger partial charge in [-0.15, -0.1) is 0 Å². The van der Waals surface area contributed by atoms with E-state index in [2.05, 4.69) is 10.6 Å². The molecule has 2 amide bonds. The first kappa shape index (κ1) is 17.4. The van der Waals surface area contributed by atoms with Crippen molar-refractivity contribution in [3.8, 4) is 0 Å². The average Bonchev–Trinajstić information content (AvgIpc) is 2.39. The minimum absolute atomic E-state index is 0.0435. The van der Waals surface area contributed by atoms with Gasteiger partial charge in [0, 0.05) is 12.2 Å². The molecule has 0 saturated heterocycles. The van der Waals surface area contributed by atoms with E-state index in [-0.39, 0.29) is 23.2 Å². The Morgan fingerprint density at radius 3 is 2.57 bits per heavy atom. The average molecular weight is 317 g/mol. The van der Waals surface area contributed by atoms with Crippen LogP contribution in [0.25, 0.3) is 0 Å². The van der Waals surface area contributed by atoms with Crippen LogP contribution in [-0.4, -0.2) is 29.6 Å². The minimum Gasteiger partial charge on any atom is -0.393 e. The Hall–Kier alpha value is -1.66. The van der Waals surface area contributed by atoms with E-state index in [0.717, 1.165) is 6.07 Å². The standard InChI is InChI=1S/C14H18ClFN2O3/c1-8(5-9(2)19)7-17-13(20)14(21)18-10-3-4-12(16)11(15)6-10/h3-4,6,8-9,19H,5,7H2,1-2H3,(H,17,20)(H,18,21). The van der Waals surface area contributed by atoms with Gasteiger partial charge in [0.1, 0.15) is 5.82 Å². The van der Waals surface area contributed by atoms with Crippen LogP contribution in [0, 0.1) is 11.7 Å². The molecule has 1 aromatic rings. The van der Waals surface area contributed by atoms with Crippen LogP contribution in [-0.2, 0) is 9.59 Å². The van der Waals surface area contributed by atoms with Gasteiger partial charge in [-0.3, -0.25) is 9.59 Å². The van der Waals surface area contributed by atoms with Gasteiger partial charge in [0.2, 0.25) is 0 Å². The second-order valence-corrected chi connectivity index (χ2v) is 5.39. The summed E-state index contributed by atoms with van der Waals surface area (Å²) >= 11 is 5.58. The monoisotopic (exact) mass is 316 g/mol. The summed E-state index contributed by atoms with van der Waals surface area (Å²) in [5.41, 5.74) is 0.235. The summed E-state index contributed by atoms with van der Waals surface area (Å²) in [6.45, 7) is 3.79. The highest BCUT2D eigenvalue weighted by Gasteiger charge is 2.15. The van der Waals surface area contributed by atoms with E-state index < -0.39 is 23.7 Å². The van der Waals surface area contributed by atoms with Crippen molar-refractivity contribution in [1.82, 2.24) is 5.32 Å². The van der Waals surface area contributed by atoms with Crippen molar-refractivity contribution in [3.05, 3.63) is 29.0 Å². The minimum atomic E-state index is -0.859. The van der Waals surface area contributed by atoms with Crippen LogP contribution >= 0.6 is 11.6 Å². The number of nitrogens with one attached hydrogen (secondary N) is 2. The van der Waals surface area contributed by atoms with Gasteiger partial charge in [0.15, 0.2) is 0 Å². The van der Waals surface area contributed by atoms with Crippen molar-refractivity contribution in [2.45, 2.75) is 26.4 Å². The topological polar surface area (TPSA) is 78.4 Å². The second-order valence-electron chi connectivity index (χ2n) is 4.98. The van der Waals surface area contributed by atoms with Gasteiger partial charge in [-0.2, -0.15) is 0 Å². The third-order valence-electron chi connectivity index (χ3n) is 2.74. The van der Waals surface area contributed by atoms with Crippen LogP contribution in [0.5, 0.6) is 0 Å². The predicted octanol–water partition coefficient (Wildman–Crippen LogP) is 1.94. The zero-order valence-electron chi connectivity index (χ0n) is 11.8. The maximum Gasteiger partial charge on any atom is 0.313 e. The summed E-state index contributed by atoms with van der Waals surface area (Å²) in [5, 5.41) is 13.9. The maximum absolute atomic E-state index is 13.0. The number of carbonyl (C=O) groups is 2. The number of hydrogen-bond acceptors (Lipinski definition) is 3. The maximum atomic E-state index is 13.0. The molecule has 3 N–H and O–H groups in total. The molecule has 0 aliphatic carbocycles. The lowest BCUT2D eigenvalue weighted by Crippen LogP contribution is -2.38. The van der Waals surface area contributed by atoms with Crippen LogP contribution in [0.4, 0.5) is 10.1 Å². The van der Waals surface area contributed by atoms with E-state index >= 15 is 0 Å². The number of aliphatic hydroxyl groups excluding tert-OH is 1. The van der Waals surface area contributed by atoms with E-state index in [0.29, 0.717) is 6.42 Å². The molecule has 0 bridgehead atoms. The van der Waals surface area contributed by atoms with Gasteiger partial charge in [-0.1, -0.05) is 18.5 Å². The molecule has 7 heteroatoms. The lowest BCUT2D eigenvalue weighted by Gasteiger charge is -2.14. The first-order valence-electron chi connectivity index (χ1n) is 6.52. The summed E-state index contributed by atoms with van der Waals surface area (Å²) in [5.74, 6) is -2.22. The molecule has 1 aromatic carbocycles. The summed E-state index contributed by atoms with van der Waals surface area (Å²) < 4.78 is 13.0. The molecule has 5 nitrogen and oxygen atoms in total. The highest BCUT2D eigenvalue weighted by Crippen LogP contribution is 2.19. The molecule has 0 aliphatic rings. The van der Waals surface area contributed by atoms with Crippen molar-refractivity contribution in [2.75, 3.05) is 11.9 Å². The van der Waals surface area contributed by atoms with E-state index in [9.17, 15) is 19.1 Å². The second kappa shape index (κ2) is 7.95. The lowest BCUT2D eigenvalue weighted by molar-refractivity contribution is -0.136. The molecule has 0 fully saturated rings. The van der Waals surface area contributed by atoms with E-state index in [1.807, 2.05) is 6.92 Å². The number of halogens is 2. The van der Waals surface area contributed by atoms with Gasteiger partial charge in [0.25, 0.3) is 0 Å². The zero-order chi connectivity index (χ0) is 16.0. The van der Waals surface area contributed by atoms with Crippen LogP contribution in [0.2, 0.25) is 5.02 Å². The van der Waals surface area contributed by atoms with Gasteiger partial charge in [0.05, 0.1) is 11.1 Å². The molecule has 1 rings (SSSR count). The third-order valence-corrected chi connectivity index (χ3v) is 3.03. The Labute approximate surface area is 127 Å². The molecule has 21 heavy (non-hydrogen) atoms. The molecule has 0 heterocycles. The number of aliphatic hydroxyl groups is 1. The fourth-order valence-electron chi connectivity index (χ4n) is 1.77. The Morgan fingerprint density at radius 1 is 1.33 bits per heavy atom. The number of anilines is 1.